The van der Waals surface area contributed by atoms with Crippen LogP contribution in [0.15, 0.2) is 23.1 Å². The lowest BCUT2D eigenvalue weighted by Gasteiger charge is -2.23. The van der Waals surface area contributed by atoms with E-state index in [4.69, 9.17) is 4.74 Å². The van der Waals surface area contributed by atoms with Crippen LogP contribution in [-0.4, -0.2) is 38.5 Å². The van der Waals surface area contributed by atoms with Crippen LogP contribution in [0.3, 0.4) is 0 Å². The molecule has 0 aliphatic heterocycles. The number of hydrogen-bond acceptors (Lipinski definition) is 5. The molecule has 2 N–H and O–H groups in total. The number of aryl methyl sites for hydroxylation is 1. The molecule has 0 bridgehead atoms. The lowest BCUT2D eigenvalue weighted by molar-refractivity contribution is -0.129. The first-order valence-electron chi connectivity index (χ1n) is 10.5. The predicted octanol–water partition coefficient (Wildman–Crippen LogP) is 3.31. The average molecular weight is 439 g/mol. The molecule has 0 heterocycles. The van der Waals surface area contributed by atoms with E-state index in [9.17, 15) is 18.0 Å². The molecule has 7 nitrogen and oxygen atoms in total. The first-order chi connectivity index (χ1) is 13.9. The van der Waals surface area contributed by atoms with E-state index in [1.165, 1.54) is 38.3 Å². The Morgan fingerprint density at radius 2 is 1.80 bits per heavy atom. The van der Waals surface area contributed by atoms with Gasteiger partial charge in [-0.2, -0.15) is 0 Å². The number of esters is 1. The number of ether oxygens (including phenoxy) is 1. The average Bonchev–Trinajstić information content (AvgIpc) is 2.65. The number of carbonyl (C=O) groups is 2. The number of carbonyl (C=O) groups excluding carboxylic acids is 2. The lowest BCUT2D eigenvalue weighted by atomic mass is 9.89. The summed E-state index contributed by atoms with van der Waals surface area (Å²) in [5, 5.41) is 2.86. The number of rotatable bonds is 7. The number of amides is 1. The molecule has 0 radical (unpaired) electrons. The van der Waals surface area contributed by atoms with Crippen molar-refractivity contribution in [1.82, 2.24) is 10.0 Å². The minimum absolute atomic E-state index is 0.0237. The Bertz CT molecular complexity index is 868. The number of benzene rings is 1. The van der Waals surface area contributed by atoms with Crippen LogP contribution in [0, 0.1) is 12.8 Å². The van der Waals surface area contributed by atoms with E-state index < -0.39 is 27.6 Å². The zero-order chi connectivity index (χ0) is 22.5. The van der Waals surface area contributed by atoms with Crippen LogP contribution in [0.2, 0.25) is 0 Å². The Hall–Kier alpha value is -1.93. The largest absolute Gasteiger partial charge is 0.449 e. The standard InChI is InChI=1S/C22H34N2O5S/c1-15-11-12-18(30(27,28)24-22(3,4)5)13-19(15)21(26)29-16(2)20(25)23-14-17-9-7-6-8-10-17/h11-13,16-17,24H,6-10,14H2,1-5H3,(H,23,25). The molecule has 1 fully saturated rings. The summed E-state index contributed by atoms with van der Waals surface area (Å²) in [6, 6.07) is 4.29. The number of nitrogens with one attached hydrogen (secondary N) is 2. The third-order valence-electron chi connectivity index (χ3n) is 5.12. The molecule has 1 aliphatic carbocycles. The van der Waals surface area contributed by atoms with Gasteiger partial charge in [-0.25, -0.2) is 17.9 Å². The van der Waals surface area contributed by atoms with Crippen molar-refractivity contribution in [2.24, 2.45) is 5.92 Å². The predicted molar refractivity (Wildman–Crippen MR) is 116 cm³/mol. The summed E-state index contributed by atoms with van der Waals surface area (Å²) in [6.07, 6.45) is 4.88. The van der Waals surface area contributed by atoms with Gasteiger partial charge in [0.05, 0.1) is 10.5 Å². The zero-order valence-electron chi connectivity index (χ0n) is 18.6. The normalized spacial score (nSPS) is 16.7. The van der Waals surface area contributed by atoms with E-state index in [1.54, 1.807) is 33.8 Å². The molecule has 1 amide bonds. The van der Waals surface area contributed by atoms with Crippen molar-refractivity contribution >= 4 is 21.9 Å². The van der Waals surface area contributed by atoms with E-state index in [2.05, 4.69) is 10.0 Å². The third-order valence-corrected chi connectivity index (χ3v) is 6.88. The molecule has 8 heteroatoms. The van der Waals surface area contributed by atoms with Crippen molar-refractivity contribution in [2.75, 3.05) is 6.54 Å². The maximum atomic E-state index is 12.6. The van der Waals surface area contributed by atoms with Crippen molar-refractivity contribution in [1.29, 1.82) is 0 Å². The molecule has 1 aromatic carbocycles. The van der Waals surface area contributed by atoms with Crippen LogP contribution in [0.1, 0.15) is 75.7 Å². The highest BCUT2D eigenvalue weighted by molar-refractivity contribution is 7.89. The second-order valence-electron chi connectivity index (χ2n) is 9.13. The highest BCUT2D eigenvalue weighted by Crippen LogP contribution is 2.23. The van der Waals surface area contributed by atoms with Gasteiger partial charge in [-0.3, -0.25) is 4.79 Å². The maximum absolute atomic E-state index is 12.6. The first kappa shape index (κ1) is 24.3. The summed E-state index contributed by atoms with van der Waals surface area (Å²) in [6.45, 7) is 9.01. The van der Waals surface area contributed by atoms with Crippen molar-refractivity contribution in [3.05, 3.63) is 29.3 Å². The minimum atomic E-state index is -3.79. The molecule has 1 aliphatic rings. The van der Waals surface area contributed by atoms with E-state index in [1.807, 2.05) is 0 Å². The summed E-state index contributed by atoms with van der Waals surface area (Å²) in [5.41, 5.74) is 0.0400. The van der Waals surface area contributed by atoms with Gasteiger partial charge >= 0.3 is 5.97 Å². The fourth-order valence-corrected chi connectivity index (χ4v) is 4.95. The van der Waals surface area contributed by atoms with E-state index in [0.29, 0.717) is 18.0 Å². The van der Waals surface area contributed by atoms with Crippen molar-refractivity contribution in [3.8, 4) is 0 Å². The van der Waals surface area contributed by atoms with Gasteiger partial charge in [0.1, 0.15) is 0 Å². The van der Waals surface area contributed by atoms with Crippen LogP contribution in [0.4, 0.5) is 0 Å². The van der Waals surface area contributed by atoms with Crippen molar-refractivity contribution in [3.63, 3.8) is 0 Å². The summed E-state index contributed by atoms with van der Waals surface area (Å²) in [5.74, 6) is -0.588. The van der Waals surface area contributed by atoms with Gasteiger partial charge in [-0.1, -0.05) is 25.3 Å². The summed E-state index contributed by atoms with van der Waals surface area (Å²) in [4.78, 5) is 24.9. The quantitative estimate of drug-likeness (QED) is 0.636. The molecule has 2 rings (SSSR count). The minimum Gasteiger partial charge on any atom is -0.449 e. The Kier molecular flexibility index (Phi) is 8.05. The zero-order valence-corrected chi connectivity index (χ0v) is 19.4. The molecule has 1 atom stereocenters. The lowest BCUT2D eigenvalue weighted by Crippen LogP contribution is -2.40. The molecular formula is C22H34N2O5S. The van der Waals surface area contributed by atoms with Crippen molar-refractivity contribution in [2.45, 2.75) is 83.3 Å². The van der Waals surface area contributed by atoms with Crippen LogP contribution in [-0.2, 0) is 19.6 Å². The van der Waals surface area contributed by atoms with Gasteiger partial charge in [0.2, 0.25) is 10.0 Å². The van der Waals surface area contributed by atoms with Crippen LogP contribution in [0.25, 0.3) is 0 Å². The third kappa shape index (κ3) is 7.09. The van der Waals surface area contributed by atoms with Crippen LogP contribution >= 0.6 is 0 Å². The smallest absolute Gasteiger partial charge is 0.339 e. The number of sulfonamides is 1. The second-order valence-corrected chi connectivity index (χ2v) is 10.8. The van der Waals surface area contributed by atoms with Gasteiger partial charge in [-0.15, -0.1) is 0 Å². The fraction of sp³-hybridized carbons (Fsp3) is 0.636. The highest BCUT2D eigenvalue weighted by atomic mass is 32.2. The topological polar surface area (TPSA) is 102 Å². The molecule has 0 spiro atoms. The van der Waals surface area contributed by atoms with Crippen LogP contribution < -0.4 is 10.0 Å². The van der Waals surface area contributed by atoms with Crippen LogP contribution in [0.5, 0.6) is 0 Å². The molecule has 30 heavy (non-hydrogen) atoms. The van der Waals surface area contributed by atoms with Gasteiger partial charge in [-0.05, 0) is 71.1 Å². The summed E-state index contributed by atoms with van der Waals surface area (Å²) < 4.78 is 33.0. The molecule has 1 unspecified atom stereocenters. The van der Waals surface area contributed by atoms with Gasteiger partial charge in [0, 0.05) is 12.1 Å². The molecule has 0 aromatic heterocycles. The molecule has 168 valence electrons. The molecule has 1 saturated carbocycles. The van der Waals surface area contributed by atoms with E-state index >= 15 is 0 Å². The second kappa shape index (κ2) is 9.92. The number of hydrogen-bond donors (Lipinski definition) is 2. The Labute approximate surface area is 180 Å². The SMILES string of the molecule is Cc1ccc(S(=O)(=O)NC(C)(C)C)cc1C(=O)OC(C)C(=O)NCC1CCCCC1. The summed E-state index contributed by atoms with van der Waals surface area (Å²) in [7, 11) is -3.79. The molecule has 1 aromatic rings. The fourth-order valence-electron chi connectivity index (χ4n) is 3.51. The van der Waals surface area contributed by atoms with Crippen molar-refractivity contribution < 1.29 is 22.7 Å². The maximum Gasteiger partial charge on any atom is 0.339 e. The molecular weight excluding hydrogens is 404 g/mol. The first-order valence-corrected chi connectivity index (χ1v) is 12.0. The van der Waals surface area contributed by atoms with E-state index in [0.717, 1.165) is 12.8 Å². The Morgan fingerprint density at radius 1 is 1.17 bits per heavy atom. The summed E-state index contributed by atoms with van der Waals surface area (Å²) >= 11 is 0. The highest BCUT2D eigenvalue weighted by Gasteiger charge is 2.25. The Balaban J connectivity index is 2.04. The van der Waals surface area contributed by atoms with Gasteiger partial charge < -0.3 is 10.1 Å². The monoisotopic (exact) mass is 438 g/mol. The van der Waals surface area contributed by atoms with E-state index in [-0.39, 0.29) is 16.4 Å². The Morgan fingerprint density at radius 3 is 2.40 bits per heavy atom. The van der Waals surface area contributed by atoms with Gasteiger partial charge in [0.25, 0.3) is 5.91 Å². The molecule has 0 saturated heterocycles. The van der Waals surface area contributed by atoms with Gasteiger partial charge in [0.15, 0.2) is 6.10 Å².